The van der Waals surface area contributed by atoms with Crippen molar-refractivity contribution in [1.29, 1.82) is 0 Å². The molecule has 1 atom stereocenters. The molecule has 0 spiro atoms. The molecular weight excluding hydrogens is 249 g/mol. The Balaban J connectivity index is 1.60. The van der Waals surface area contributed by atoms with Crippen LogP contribution < -0.4 is 10.1 Å². The fourth-order valence-corrected chi connectivity index (χ4v) is 1.94. The highest BCUT2D eigenvalue weighted by Gasteiger charge is 2.15. The van der Waals surface area contributed by atoms with E-state index in [0.717, 1.165) is 19.4 Å². The Morgan fingerprint density at radius 2 is 2.42 bits per heavy atom. The molecule has 1 aromatic carbocycles. The lowest BCUT2D eigenvalue weighted by molar-refractivity contribution is -0.122. The molecule has 1 saturated heterocycles. The highest BCUT2D eigenvalue weighted by molar-refractivity contribution is 5.76. The SMILES string of the molecule is O=C(CCOc1cccc(F)c1)NCC1CCCO1. The number of nitrogens with one attached hydrogen (secondary N) is 1. The maximum atomic E-state index is 12.9. The van der Waals surface area contributed by atoms with Crippen LogP contribution in [0.25, 0.3) is 0 Å². The Morgan fingerprint density at radius 3 is 3.16 bits per heavy atom. The Bertz CT molecular complexity index is 419. The number of halogens is 1. The molecule has 1 amide bonds. The summed E-state index contributed by atoms with van der Waals surface area (Å²) in [5, 5.41) is 2.80. The number of hydrogen-bond donors (Lipinski definition) is 1. The third kappa shape index (κ3) is 4.87. The van der Waals surface area contributed by atoms with Crippen LogP contribution in [0.4, 0.5) is 4.39 Å². The van der Waals surface area contributed by atoms with Gasteiger partial charge in [0.25, 0.3) is 0 Å². The molecule has 1 heterocycles. The molecule has 1 N–H and O–H groups in total. The van der Waals surface area contributed by atoms with Gasteiger partial charge < -0.3 is 14.8 Å². The molecule has 0 aromatic heterocycles. The van der Waals surface area contributed by atoms with Gasteiger partial charge in [-0.05, 0) is 25.0 Å². The normalized spacial score (nSPS) is 18.3. The van der Waals surface area contributed by atoms with Crippen LogP contribution in [0.1, 0.15) is 19.3 Å². The first kappa shape index (κ1) is 13.8. The summed E-state index contributed by atoms with van der Waals surface area (Å²) < 4.78 is 23.6. The van der Waals surface area contributed by atoms with Crippen LogP contribution in [-0.2, 0) is 9.53 Å². The number of hydrogen-bond acceptors (Lipinski definition) is 3. The molecule has 0 bridgehead atoms. The van der Waals surface area contributed by atoms with Gasteiger partial charge in [-0.2, -0.15) is 0 Å². The topological polar surface area (TPSA) is 47.6 Å². The first-order valence-electron chi connectivity index (χ1n) is 6.51. The minimum atomic E-state index is -0.347. The second kappa shape index (κ2) is 7.09. The zero-order chi connectivity index (χ0) is 13.5. The summed E-state index contributed by atoms with van der Waals surface area (Å²) in [5.41, 5.74) is 0. The van der Waals surface area contributed by atoms with Crippen LogP contribution in [0, 0.1) is 5.82 Å². The minimum Gasteiger partial charge on any atom is -0.493 e. The summed E-state index contributed by atoms with van der Waals surface area (Å²) in [6, 6.07) is 5.88. The van der Waals surface area contributed by atoms with E-state index in [-0.39, 0.29) is 30.9 Å². The van der Waals surface area contributed by atoms with Crippen molar-refractivity contribution in [2.75, 3.05) is 19.8 Å². The van der Waals surface area contributed by atoms with Crippen molar-refractivity contribution in [1.82, 2.24) is 5.32 Å². The average Bonchev–Trinajstić information content (AvgIpc) is 2.89. The Morgan fingerprint density at radius 1 is 1.53 bits per heavy atom. The van der Waals surface area contributed by atoms with Gasteiger partial charge in [-0.1, -0.05) is 6.07 Å². The number of carbonyl (C=O) groups excluding carboxylic acids is 1. The van der Waals surface area contributed by atoms with Gasteiger partial charge >= 0.3 is 0 Å². The maximum Gasteiger partial charge on any atom is 0.223 e. The van der Waals surface area contributed by atoms with Crippen LogP contribution in [0.15, 0.2) is 24.3 Å². The van der Waals surface area contributed by atoms with Crippen LogP contribution in [0.5, 0.6) is 5.75 Å². The largest absolute Gasteiger partial charge is 0.493 e. The number of ether oxygens (including phenoxy) is 2. The fourth-order valence-electron chi connectivity index (χ4n) is 1.94. The molecule has 0 aliphatic carbocycles. The third-order valence-corrected chi connectivity index (χ3v) is 2.94. The molecule has 1 aliphatic heterocycles. The molecule has 19 heavy (non-hydrogen) atoms. The van der Waals surface area contributed by atoms with E-state index in [9.17, 15) is 9.18 Å². The number of amides is 1. The molecule has 4 nitrogen and oxygen atoms in total. The second-order valence-corrected chi connectivity index (χ2v) is 4.49. The molecular formula is C14H18FNO3. The second-order valence-electron chi connectivity index (χ2n) is 4.49. The summed E-state index contributed by atoms with van der Waals surface area (Å²) in [6.45, 7) is 1.57. The van der Waals surface area contributed by atoms with Crippen molar-refractivity contribution in [3.05, 3.63) is 30.1 Å². The van der Waals surface area contributed by atoms with Gasteiger partial charge in [-0.3, -0.25) is 4.79 Å². The van der Waals surface area contributed by atoms with Gasteiger partial charge in [0.05, 0.1) is 19.1 Å². The Hall–Kier alpha value is -1.62. The van der Waals surface area contributed by atoms with Crippen molar-refractivity contribution in [2.24, 2.45) is 0 Å². The fraction of sp³-hybridized carbons (Fsp3) is 0.500. The Labute approximate surface area is 111 Å². The van der Waals surface area contributed by atoms with Gasteiger partial charge in [0, 0.05) is 19.2 Å². The van der Waals surface area contributed by atoms with Crippen molar-refractivity contribution in [2.45, 2.75) is 25.4 Å². The van der Waals surface area contributed by atoms with Crippen LogP contribution in [0.3, 0.4) is 0 Å². The van der Waals surface area contributed by atoms with E-state index >= 15 is 0 Å². The number of rotatable bonds is 6. The van der Waals surface area contributed by atoms with Crippen molar-refractivity contribution in [3.8, 4) is 5.75 Å². The molecule has 1 unspecified atom stereocenters. The lowest BCUT2D eigenvalue weighted by atomic mass is 10.2. The lowest BCUT2D eigenvalue weighted by Crippen LogP contribution is -2.32. The van der Waals surface area contributed by atoms with E-state index in [4.69, 9.17) is 9.47 Å². The quantitative estimate of drug-likeness (QED) is 0.856. The van der Waals surface area contributed by atoms with Crippen molar-refractivity contribution < 1.29 is 18.7 Å². The number of benzene rings is 1. The van der Waals surface area contributed by atoms with E-state index in [1.165, 1.54) is 12.1 Å². The zero-order valence-electron chi connectivity index (χ0n) is 10.7. The standard InChI is InChI=1S/C14H18FNO3/c15-11-3-1-4-12(9-11)19-8-6-14(17)16-10-13-5-2-7-18-13/h1,3-4,9,13H,2,5-8,10H2,(H,16,17). The van der Waals surface area contributed by atoms with Crippen LogP contribution >= 0.6 is 0 Å². The third-order valence-electron chi connectivity index (χ3n) is 2.94. The Kier molecular flexibility index (Phi) is 5.15. The highest BCUT2D eigenvalue weighted by Crippen LogP contribution is 2.12. The van der Waals surface area contributed by atoms with Gasteiger partial charge in [-0.25, -0.2) is 4.39 Å². The predicted octanol–water partition coefficient (Wildman–Crippen LogP) is 1.89. The number of carbonyl (C=O) groups is 1. The van der Waals surface area contributed by atoms with Crippen LogP contribution in [0.2, 0.25) is 0 Å². The smallest absolute Gasteiger partial charge is 0.223 e. The van der Waals surface area contributed by atoms with E-state index in [1.807, 2.05) is 0 Å². The average molecular weight is 267 g/mol. The van der Waals surface area contributed by atoms with E-state index in [1.54, 1.807) is 12.1 Å². The van der Waals surface area contributed by atoms with E-state index in [0.29, 0.717) is 12.3 Å². The predicted molar refractivity (Wildman–Crippen MR) is 68.5 cm³/mol. The lowest BCUT2D eigenvalue weighted by Gasteiger charge is -2.11. The zero-order valence-corrected chi connectivity index (χ0v) is 10.7. The monoisotopic (exact) mass is 267 g/mol. The van der Waals surface area contributed by atoms with Crippen molar-refractivity contribution >= 4 is 5.91 Å². The summed E-state index contributed by atoms with van der Waals surface area (Å²) in [7, 11) is 0. The molecule has 2 rings (SSSR count). The van der Waals surface area contributed by atoms with Gasteiger partial charge in [0.15, 0.2) is 0 Å². The summed E-state index contributed by atoms with van der Waals surface area (Å²) in [5.74, 6) is 0.0131. The van der Waals surface area contributed by atoms with Gasteiger partial charge in [-0.15, -0.1) is 0 Å². The molecule has 0 radical (unpaired) electrons. The molecule has 1 aromatic rings. The van der Waals surface area contributed by atoms with Gasteiger partial charge in [0.1, 0.15) is 11.6 Å². The first-order valence-corrected chi connectivity index (χ1v) is 6.51. The molecule has 1 aliphatic rings. The van der Waals surface area contributed by atoms with E-state index < -0.39 is 0 Å². The van der Waals surface area contributed by atoms with Crippen LogP contribution in [-0.4, -0.2) is 31.8 Å². The van der Waals surface area contributed by atoms with Gasteiger partial charge in [0.2, 0.25) is 5.91 Å². The molecule has 0 saturated carbocycles. The first-order chi connectivity index (χ1) is 9.24. The summed E-state index contributed by atoms with van der Waals surface area (Å²) in [6.07, 6.45) is 2.46. The highest BCUT2D eigenvalue weighted by atomic mass is 19.1. The van der Waals surface area contributed by atoms with E-state index in [2.05, 4.69) is 5.32 Å². The molecule has 5 heteroatoms. The minimum absolute atomic E-state index is 0.0769. The molecule has 104 valence electrons. The summed E-state index contributed by atoms with van der Waals surface area (Å²) in [4.78, 5) is 11.5. The molecule has 1 fully saturated rings. The summed E-state index contributed by atoms with van der Waals surface area (Å²) >= 11 is 0. The van der Waals surface area contributed by atoms with Crippen molar-refractivity contribution in [3.63, 3.8) is 0 Å². The maximum absolute atomic E-state index is 12.9.